The number of hydrogen-bond donors (Lipinski definition) is 0. The molecule has 3 heterocycles. The number of aromatic nitrogens is 1. The van der Waals surface area contributed by atoms with E-state index in [9.17, 15) is 18.0 Å². The van der Waals surface area contributed by atoms with Crippen molar-refractivity contribution in [1.82, 2.24) is 4.57 Å². The van der Waals surface area contributed by atoms with Crippen LogP contribution in [-0.4, -0.2) is 42.9 Å². The Morgan fingerprint density at radius 1 is 1.37 bits per heavy atom. The summed E-state index contributed by atoms with van der Waals surface area (Å²) in [6.45, 7) is 3.30. The molecule has 8 heteroatoms. The van der Waals surface area contributed by atoms with Gasteiger partial charge in [-0.25, -0.2) is 13.2 Å². The third kappa shape index (κ3) is 4.56. The van der Waals surface area contributed by atoms with Crippen LogP contribution < -0.4 is 0 Å². The van der Waals surface area contributed by atoms with Crippen LogP contribution in [0.15, 0.2) is 29.0 Å². The molecule has 0 radical (unpaired) electrons. The van der Waals surface area contributed by atoms with Crippen molar-refractivity contribution in [1.29, 1.82) is 0 Å². The van der Waals surface area contributed by atoms with Crippen LogP contribution in [0.1, 0.15) is 39.8 Å². The minimum Gasteiger partial charge on any atom is -0.454 e. The van der Waals surface area contributed by atoms with Gasteiger partial charge >= 0.3 is 5.97 Å². The van der Waals surface area contributed by atoms with Crippen molar-refractivity contribution in [3.05, 3.63) is 51.5 Å². The van der Waals surface area contributed by atoms with Gasteiger partial charge in [0.1, 0.15) is 0 Å². The Balaban J connectivity index is 1.65. The molecule has 1 atom stereocenters. The Morgan fingerprint density at radius 3 is 2.78 bits per heavy atom. The Bertz CT molecular complexity index is 984. The van der Waals surface area contributed by atoms with Crippen LogP contribution in [0.5, 0.6) is 0 Å². The van der Waals surface area contributed by atoms with Crippen molar-refractivity contribution in [3.8, 4) is 0 Å². The van der Waals surface area contributed by atoms with E-state index in [0.717, 1.165) is 11.3 Å². The topological polar surface area (TPSA) is 82.4 Å². The van der Waals surface area contributed by atoms with Crippen LogP contribution >= 0.6 is 11.3 Å². The molecule has 144 valence electrons. The van der Waals surface area contributed by atoms with Gasteiger partial charge in [-0.15, -0.1) is 0 Å². The molecule has 0 aromatic carbocycles. The van der Waals surface area contributed by atoms with E-state index in [4.69, 9.17) is 4.74 Å². The van der Waals surface area contributed by atoms with E-state index in [1.165, 1.54) is 17.4 Å². The molecule has 1 aliphatic heterocycles. The van der Waals surface area contributed by atoms with Crippen molar-refractivity contribution in [2.45, 2.75) is 26.3 Å². The highest BCUT2D eigenvalue weighted by atomic mass is 32.2. The zero-order valence-electron chi connectivity index (χ0n) is 15.2. The van der Waals surface area contributed by atoms with E-state index in [1.54, 1.807) is 19.1 Å². The molecule has 1 saturated heterocycles. The van der Waals surface area contributed by atoms with E-state index in [0.29, 0.717) is 17.7 Å². The maximum Gasteiger partial charge on any atom is 0.331 e. The number of rotatable bonds is 6. The van der Waals surface area contributed by atoms with E-state index >= 15 is 0 Å². The number of nitrogens with zero attached hydrogens (tertiary/aromatic N) is 1. The van der Waals surface area contributed by atoms with E-state index in [2.05, 4.69) is 0 Å². The van der Waals surface area contributed by atoms with E-state index in [-0.39, 0.29) is 29.9 Å². The van der Waals surface area contributed by atoms with Gasteiger partial charge in [0.05, 0.1) is 11.5 Å². The summed E-state index contributed by atoms with van der Waals surface area (Å²) in [4.78, 5) is 24.3. The van der Waals surface area contributed by atoms with Crippen molar-refractivity contribution in [2.24, 2.45) is 0 Å². The maximum absolute atomic E-state index is 12.5. The number of ketones is 1. The molecule has 0 aliphatic carbocycles. The minimum absolute atomic E-state index is 0.0966. The SMILES string of the molecule is Cc1cc(C(=O)COC(=O)/C=C/c2ccsc2)c(C)n1[C@@H]1CCS(=O)(=O)C1. The summed E-state index contributed by atoms with van der Waals surface area (Å²) >= 11 is 1.52. The van der Waals surface area contributed by atoms with Crippen LogP contribution in [0, 0.1) is 13.8 Å². The number of ether oxygens (including phenoxy) is 1. The largest absolute Gasteiger partial charge is 0.454 e. The second kappa shape index (κ2) is 7.82. The molecular formula is C19H21NO5S2. The van der Waals surface area contributed by atoms with Gasteiger partial charge in [0.2, 0.25) is 5.78 Å². The fraction of sp³-hybridized carbons (Fsp3) is 0.368. The molecule has 0 N–H and O–H groups in total. The Morgan fingerprint density at radius 2 is 2.15 bits per heavy atom. The van der Waals surface area contributed by atoms with Crippen molar-refractivity contribution in [3.63, 3.8) is 0 Å². The summed E-state index contributed by atoms with van der Waals surface area (Å²) in [5.41, 5.74) is 2.91. The van der Waals surface area contributed by atoms with Crippen molar-refractivity contribution < 1.29 is 22.7 Å². The summed E-state index contributed by atoms with van der Waals surface area (Å²) in [7, 11) is -3.02. The van der Waals surface area contributed by atoms with Gasteiger partial charge in [-0.1, -0.05) is 0 Å². The first-order valence-corrected chi connectivity index (χ1v) is 11.3. The molecule has 2 aromatic rings. The fourth-order valence-electron chi connectivity index (χ4n) is 3.40. The number of Topliss-reactive ketones (excluding diaryl/α,β-unsaturated/α-hetero) is 1. The van der Waals surface area contributed by atoms with Crippen LogP contribution in [0.25, 0.3) is 6.08 Å². The molecule has 2 aromatic heterocycles. The summed E-state index contributed by atoms with van der Waals surface area (Å²) in [6, 6.07) is 3.46. The lowest BCUT2D eigenvalue weighted by Gasteiger charge is -2.16. The standard InChI is InChI=1S/C19H21NO5S2/c1-13-9-17(14(2)20(13)16-6-8-27(23,24)12-16)18(21)10-25-19(22)4-3-15-5-7-26-11-15/h3-5,7,9,11,16H,6,8,10,12H2,1-2H3/b4-3+/t16-/m1/s1. The van der Waals surface area contributed by atoms with Gasteiger partial charge in [-0.05, 0) is 54.8 Å². The predicted octanol–water partition coefficient (Wildman–Crippen LogP) is 2.97. The van der Waals surface area contributed by atoms with Crippen LogP contribution in [0.3, 0.4) is 0 Å². The lowest BCUT2D eigenvalue weighted by atomic mass is 10.1. The molecule has 0 saturated carbocycles. The Labute approximate surface area is 162 Å². The lowest BCUT2D eigenvalue weighted by molar-refractivity contribution is -0.136. The lowest BCUT2D eigenvalue weighted by Crippen LogP contribution is -2.16. The number of thiophene rings is 1. The first kappa shape index (κ1) is 19.6. The van der Waals surface area contributed by atoms with Crippen LogP contribution in [-0.2, 0) is 19.4 Å². The summed E-state index contributed by atoms with van der Waals surface area (Å²) < 4.78 is 30.5. The molecule has 3 rings (SSSR count). The summed E-state index contributed by atoms with van der Waals surface area (Å²) in [5.74, 6) is -0.608. The molecular weight excluding hydrogens is 386 g/mol. The first-order chi connectivity index (χ1) is 12.8. The number of carbonyl (C=O) groups excluding carboxylic acids is 2. The van der Waals surface area contributed by atoms with Gasteiger partial charge in [0.15, 0.2) is 16.4 Å². The number of aryl methyl sites for hydroxylation is 1. The Kier molecular flexibility index (Phi) is 5.67. The second-order valence-electron chi connectivity index (χ2n) is 6.63. The Hall–Kier alpha value is -2.19. The third-order valence-corrected chi connectivity index (χ3v) is 7.11. The normalized spacial score (nSPS) is 18.8. The van der Waals surface area contributed by atoms with E-state index in [1.807, 2.05) is 28.3 Å². The molecule has 1 aliphatic rings. The first-order valence-electron chi connectivity index (χ1n) is 8.56. The molecule has 0 unspecified atom stereocenters. The highest BCUT2D eigenvalue weighted by molar-refractivity contribution is 7.91. The van der Waals surface area contributed by atoms with E-state index < -0.39 is 15.8 Å². The summed E-state index contributed by atoms with van der Waals surface area (Å²) in [6.07, 6.45) is 3.48. The van der Waals surface area contributed by atoms with Crippen LogP contribution in [0.4, 0.5) is 0 Å². The molecule has 0 spiro atoms. The van der Waals surface area contributed by atoms with Crippen molar-refractivity contribution >= 4 is 39.0 Å². The average Bonchev–Trinajstić information content (AvgIpc) is 3.31. The van der Waals surface area contributed by atoms with Gasteiger partial charge in [0.25, 0.3) is 0 Å². The zero-order valence-corrected chi connectivity index (χ0v) is 16.8. The van der Waals surface area contributed by atoms with Crippen LogP contribution in [0.2, 0.25) is 0 Å². The minimum atomic E-state index is -3.02. The van der Waals surface area contributed by atoms with Gasteiger partial charge < -0.3 is 9.30 Å². The molecule has 0 amide bonds. The number of hydrogen-bond acceptors (Lipinski definition) is 6. The van der Waals surface area contributed by atoms with Crippen molar-refractivity contribution in [2.75, 3.05) is 18.1 Å². The highest BCUT2D eigenvalue weighted by Gasteiger charge is 2.31. The monoisotopic (exact) mass is 407 g/mol. The molecule has 6 nitrogen and oxygen atoms in total. The molecule has 1 fully saturated rings. The highest BCUT2D eigenvalue weighted by Crippen LogP contribution is 2.29. The summed E-state index contributed by atoms with van der Waals surface area (Å²) in [5, 5.41) is 3.80. The van der Waals surface area contributed by atoms with Gasteiger partial charge in [-0.2, -0.15) is 11.3 Å². The second-order valence-corrected chi connectivity index (χ2v) is 9.64. The molecule has 0 bridgehead atoms. The van der Waals surface area contributed by atoms with Gasteiger partial charge in [-0.3, -0.25) is 4.79 Å². The molecule has 27 heavy (non-hydrogen) atoms. The third-order valence-electron chi connectivity index (χ3n) is 4.66. The predicted molar refractivity (Wildman–Crippen MR) is 105 cm³/mol. The fourth-order valence-corrected chi connectivity index (χ4v) is 5.73. The maximum atomic E-state index is 12.5. The number of sulfone groups is 1. The van der Waals surface area contributed by atoms with Gasteiger partial charge in [0, 0.05) is 29.1 Å². The average molecular weight is 408 g/mol. The number of esters is 1. The zero-order chi connectivity index (χ0) is 19.6. The number of carbonyl (C=O) groups is 2. The quantitative estimate of drug-likeness (QED) is 0.418. The smallest absolute Gasteiger partial charge is 0.331 e.